The summed E-state index contributed by atoms with van der Waals surface area (Å²) in [5.74, 6) is 0.468. The average molecular weight is 340 g/mol. The molecule has 1 amide bonds. The summed E-state index contributed by atoms with van der Waals surface area (Å²) >= 11 is 0. The summed E-state index contributed by atoms with van der Waals surface area (Å²) in [6, 6.07) is 3.64. The molecule has 0 spiro atoms. The van der Waals surface area contributed by atoms with Crippen LogP contribution in [0, 0.1) is 0 Å². The van der Waals surface area contributed by atoms with E-state index in [-0.39, 0.29) is 11.5 Å². The number of hydrogen-bond donors (Lipinski definition) is 1. The predicted molar refractivity (Wildman–Crippen MR) is 90.8 cm³/mol. The van der Waals surface area contributed by atoms with Gasteiger partial charge in [0.2, 0.25) is 0 Å². The van der Waals surface area contributed by atoms with E-state index in [2.05, 4.69) is 15.0 Å². The van der Waals surface area contributed by atoms with Crippen LogP contribution in [-0.2, 0) is 22.5 Å². The summed E-state index contributed by atoms with van der Waals surface area (Å²) < 4.78 is 5.67. The Morgan fingerprint density at radius 2 is 2.32 bits per heavy atom. The highest BCUT2D eigenvalue weighted by molar-refractivity contribution is 5.85. The molecule has 0 saturated carbocycles. The number of carbonyl (C=O) groups excluding carboxylic acids is 1. The van der Waals surface area contributed by atoms with Gasteiger partial charge in [-0.05, 0) is 38.3 Å². The zero-order valence-electron chi connectivity index (χ0n) is 14.1. The van der Waals surface area contributed by atoms with Crippen LogP contribution in [0.25, 0.3) is 11.4 Å². The molecule has 0 unspecified atom stereocenters. The molecule has 7 heteroatoms. The molecule has 0 aliphatic carbocycles. The van der Waals surface area contributed by atoms with Crippen molar-refractivity contribution in [2.24, 2.45) is 0 Å². The summed E-state index contributed by atoms with van der Waals surface area (Å²) in [4.78, 5) is 38.5. The summed E-state index contributed by atoms with van der Waals surface area (Å²) in [6.07, 6.45) is 5.47. The minimum atomic E-state index is -0.745. The SMILES string of the molecule is C[C@@]1(C(=O)N2CCc3c(nc(-c4cccnc4)[nH]c3=O)C2)CCCO1. The number of amides is 1. The molecule has 25 heavy (non-hydrogen) atoms. The van der Waals surface area contributed by atoms with Gasteiger partial charge in [-0.15, -0.1) is 0 Å². The van der Waals surface area contributed by atoms with Crippen LogP contribution < -0.4 is 5.56 Å². The molecule has 2 aromatic heterocycles. The van der Waals surface area contributed by atoms with Gasteiger partial charge in [0, 0.05) is 36.7 Å². The monoisotopic (exact) mass is 340 g/mol. The summed E-state index contributed by atoms with van der Waals surface area (Å²) in [5.41, 5.74) is 1.18. The number of aromatic amines is 1. The molecule has 1 saturated heterocycles. The van der Waals surface area contributed by atoms with Gasteiger partial charge in [-0.2, -0.15) is 0 Å². The molecular weight excluding hydrogens is 320 g/mol. The third-order valence-electron chi connectivity index (χ3n) is 4.97. The molecule has 0 aromatic carbocycles. The Bertz CT molecular complexity index is 856. The minimum absolute atomic E-state index is 0.0133. The zero-order chi connectivity index (χ0) is 17.4. The molecule has 4 heterocycles. The number of H-pyrrole nitrogens is 1. The molecule has 1 N–H and O–H groups in total. The number of nitrogens with zero attached hydrogens (tertiary/aromatic N) is 3. The number of pyridine rings is 1. The van der Waals surface area contributed by atoms with Crippen LogP contribution in [0.3, 0.4) is 0 Å². The number of nitrogens with one attached hydrogen (secondary N) is 1. The van der Waals surface area contributed by atoms with Crippen molar-refractivity contribution in [1.82, 2.24) is 19.9 Å². The minimum Gasteiger partial charge on any atom is -0.365 e. The van der Waals surface area contributed by atoms with Gasteiger partial charge in [-0.3, -0.25) is 14.6 Å². The van der Waals surface area contributed by atoms with Crippen LogP contribution >= 0.6 is 0 Å². The van der Waals surface area contributed by atoms with E-state index in [4.69, 9.17) is 4.74 Å². The molecule has 2 aromatic rings. The van der Waals surface area contributed by atoms with Crippen LogP contribution in [0.5, 0.6) is 0 Å². The van der Waals surface area contributed by atoms with Crippen molar-refractivity contribution in [3.8, 4) is 11.4 Å². The molecule has 1 fully saturated rings. The van der Waals surface area contributed by atoms with Gasteiger partial charge in [0.15, 0.2) is 0 Å². The Morgan fingerprint density at radius 1 is 1.44 bits per heavy atom. The van der Waals surface area contributed by atoms with Gasteiger partial charge in [0.25, 0.3) is 11.5 Å². The van der Waals surface area contributed by atoms with Crippen molar-refractivity contribution in [2.45, 2.75) is 38.3 Å². The lowest BCUT2D eigenvalue weighted by Crippen LogP contribution is -2.49. The first-order valence-corrected chi connectivity index (χ1v) is 8.53. The van der Waals surface area contributed by atoms with Crippen molar-refractivity contribution in [1.29, 1.82) is 0 Å². The number of ether oxygens (including phenoxy) is 1. The zero-order valence-corrected chi connectivity index (χ0v) is 14.1. The molecule has 7 nitrogen and oxygen atoms in total. The van der Waals surface area contributed by atoms with Crippen molar-refractivity contribution in [3.05, 3.63) is 46.1 Å². The van der Waals surface area contributed by atoms with Crippen molar-refractivity contribution in [2.75, 3.05) is 13.2 Å². The van der Waals surface area contributed by atoms with Gasteiger partial charge < -0.3 is 14.6 Å². The highest BCUT2D eigenvalue weighted by atomic mass is 16.5. The number of rotatable bonds is 2. The van der Waals surface area contributed by atoms with Crippen LogP contribution in [0.1, 0.15) is 31.0 Å². The third-order valence-corrected chi connectivity index (χ3v) is 4.97. The summed E-state index contributed by atoms with van der Waals surface area (Å²) in [6.45, 7) is 3.33. The van der Waals surface area contributed by atoms with Gasteiger partial charge in [-0.25, -0.2) is 4.98 Å². The maximum absolute atomic E-state index is 12.8. The fourth-order valence-corrected chi connectivity index (χ4v) is 3.53. The van der Waals surface area contributed by atoms with Crippen molar-refractivity contribution >= 4 is 5.91 Å². The van der Waals surface area contributed by atoms with Crippen LogP contribution in [0.2, 0.25) is 0 Å². The topological polar surface area (TPSA) is 88.2 Å². The van der Waals surface area contributed by atoms with Gasteiger partial charge in [0.1, 0.15) is 11.4 Å². The van der Waals surface area contributed by atoms with E-state index in [0.29, 0.717) is 43.2 Å². The third kappa shape index (κ3) is 2.84. The van der Waals surface area contributed by atoms with E-state index in [9.17, 15) is 9.59 Å². The Balaban J connectivity index is 1.65. The number of fused-ring (bicyclic) bond motifs is 1. The predicted octanol–water partition coefficient (Wildman–Crippen LogP) is 1.29. The van der Waals surface area contributed by atoms with E-state index < -0.39 is 5.60 Å². The van der Waals surface area contributed by atoms with Gasteiger partial charge >= 0.3 is 0 Å². The molecule has 0 bridgehead atoms. The fourth-order valence-electron chi connectivity index (χ4n) is 3.53. The Labute approximate surface area is 145 Å². The second-order valence-corrected chi connectivity index (χ2v) is 6.74. The lowest BCUT2D eigenvalue weighted by molar-refractivity contribution is -0.152. The van der Waals surface area contributed by atoms with Crippen LogP contribution in [0.4, 0.5) is 0 Å². The van der Waals surface area contributed by atoms with E-state index in [1.165, 1.54) is 0 Å². The molecular formula is C18H20N4O3. The smallest absolute Gasteiger partial charge is 0.254 e. The van der Waals surface area contributed by atoms with E-state index >= 15 is 0 Å². The van der Waals surface area contributed by atoms with E-state index in [0.717, 1.165) is 18.4 Å². The molecule has 0 radical (unpaired) electrons. The van der Waals surface area contributed by atoms with E-state index in [1.807, 2.05) is 13.0 Å². The van der Waals surface area contributed by atoms with Gasteiger partial charge in [0.05, 0.1) is 12.2 Å². The Morgan fingerprint density at radius 3 is 3.04 bits per heavy atom. The van der Waals surface area contributed by atoms with Crippen LogP contribution in [0.15, 0.2) is 29.3 Å². The normalized spacial score (nSPS) is 22.7. The second-order valence-electron chi connectivity index (χ2n) is 6.74. The second kappa shape index (κ2) is 6.07. The number of aromatic nitrogens is 3. The van der Waals surface area contributed by atoms with Crippen molar-refractivity contribution < 1.29 is 9.53 Å². The molecule has 4 rings (SSSR count). The molecule has 2 aliphatic rings. The first-order valence-electron chi connectivity index (χ1n) is 8.53. The maximum atomic E-state index is 12.8. The summed E-state index contributed by atoms with van der Waals surface area (Å²) in [7, 11) is 0. The maximum Gasteiger partial charge on any atom is 0.254 e. The number of hydrogen-bond acceptors (Lipinski definition) is 5. The number of carbonyl (C=O) groups is 1. The fraction of sp³-hybridized carbons (Fsp3) is 0.444. The Kier molecular flexibility index (Phi) is 3.88. The van der Waals surface area contributed by atoms with Crippen LogP contribution in [-0.4, -0.2) is 44.5 Å². The quantitative estimate of drug-likeness (QED) is 0.890. The molecule has 2 aliphatic heterocycles. The van der Waals surface area contributed by atoms with E-state index in [1.54, 1.807) is 23.4 Å². The average Bonchev–Trinajstić information content (AvgIpc) is 3.09. The highest BCUT2D eigenvalue weighted by Crippen LogP contribution is 2.29. The largest absolute Gasteiger partial charge is 0.365 e. The lowest BCUT2D eigenvalue weighted by Gasteiger charge is -2.33. The first kappa shape index (κ1) is 16.0. The molecule has 130 valence electrons. The Hall–Kier alpha value is -2.54. The van der Waals surface area contributed by atoms with Crippen molar-refractivity contribution in [3.63, 3.8) is 0 Å². The molecule has 1 atom stereocenters. The lowest BCUT2D eigenvalue weighted by atomic mass is 9.98. The first-order chi connectivity index (χ1) is 12.1. The highest BCUT2D eigenvalue weighted by Gasteiger charge is 2.41. The summed E-state index contributed by atoms with van der Waals surface area (Å²) in [5, 5.41) is 0. The van der Waals surface area contributed by atoms with Gasteiger partial charge in [-0.1, -0.05) is 0 Å². The standard InChI is InChI=1S/C18H20N4O3/c1-18(6-3-9-25-18)17(24)22-8-5-13-14(11-22)20-15(21-16(13)23)12-4-2-7-19-10-12/h2,4,7,10H,3,5-6,8-9,11H2,1H3,(H,20,21,23)/t18-/m0/s1.